The van der Waals surface area contributed by atoms with Crippen LogP contribution in [-0.4, -0.2) is 54.4 Å². The summed E-state index contributed by atoms with van der Waals surface area (Å²) in [6, 6.07) is 20.1. The zero-order chi connectivity index (χ0) is 29.6. The summed E-state index contributed by atoms with van der Waals surface area (Å²) < 4.78 is 11.2. The monoisotopic (exact) mass is 591 g/mol. The lowest BCUT2D eigenvalue weighted by atomic mass is 9.99. The van der Waals surface area contributed by atoms with Gasteiger partial charge in [-0.15, -0.1) is 0 Å². The Balaban J connectivity index is 1.22. The molecule has 42 heavy (non-hydrogen) atoms. The predicted octanol–water partition coefficient (Wildman–Crippen LogP) is 6.64. The minimum atomic E-state index is -0.433. The molecule has 2 aliphatic rings. The van der Waals surface area contributed by atoms with E-state index in [9.17, 15) is 14.7 Å². The molecule has 2 fully saturated rings. The van der Waals surface area contributed by atoms with E-state index < -0.39 is 6.09 Å². The van der Waals surface area contributed by atoms with E-state index in [0.29, 0.717) is 52.6 Å². The summed E-state index contributed by atoms with van der Waals surface area (Å²) in [4.78, 5) is 28.2. The molecule has 3 aromatic rings. The quantitative estimate of drug-likeness (QED) is 0.244. The van der Waals surface area contributed by atoms with E-state index in [0.717, 1.165) is 42.4 Å². The SMILES string of the molecule is COc1cc(NC(=O)CCCc2ccc(-c3ccccc3)c(NC(=O)OC3C[C@H]4CC[C@@H](C3)N4C)c2)c(Cl)cc1CO. The maximum atomic E-state index is 13.0. The van der Waals surface area contributed by atoms with Crippen LogP contribution in [0.3, 0.4) is 0 Å². The van der Waals surface area contributed by atoms with Gasteiger partial charge in [0.2, 0.25) is 5.91 Å². The molecule has 3 N–H and O–H groups in total. The number of fused-ring (bicyclic) bond motifs is 2. The number of carbonyl (C=O) groups is 2. The first-order valence-corrected chi connectivity index (χ1v) is 14.9. The number of anilines is 2. The van der Waals surface area contributed by atoms with Crippen molar-refractivity contribution in [2.45, 2.75) is 69.7 Å². The smallest absolute Gasteiger partial charge is 0.411 e. The van der Waals surface area contributed by atoms with Crippen molar-refractivity contribution in [3.05, 3.63) is 76.8 Å². The number of hydrogen-bond acceptors (Lipinski definition) is 6. The third-order valence-corrected chi connectivity index (χ3v) is 8.73. The summed E-state index contributed by atoms with van der Waals surface area (Å²) in [5.74, 6) is 0.281. The average Bonchev–Trinajstić information content (AvgIpc) is 3.18. The van der Waals surface area contributed by atoms with Crippen LogP contribution in [0.15, 0.2) is 60.7 Å². The molecule has 0 spiro atoms. The van der Waals surface area contributed by atoms with Crippen molar-refractivity contribution in [2.24, 2.45) is 0 Å². The fraction of sp³-hybridized carbons (Fsp3) is 0.394. The number of amides is 2. The lowest BCUT2D eigenvalue weighted by Gasteiger charge is -2.35. The Morgan fingerprint density at radius 3 is 2.43 bits per heavy atom. The van der Waals surface area contributed by atoms with Crippen LogP contribution in [0.1, 0.15) is 49.7 Å². The first kappa shape index (κ1) is 29.9. The molecule has 222 valence electrons. The minimum absolute atomic E-state index is 0.0751. The largest absolute Gasteiger partial charge is 0.496 e. The summed E-state index contributed by atoms with van der Waals surface area (Å²) in [6.07, 6.45) is 5.09. The maximum absolute atomic E-state index is 13.0. The van der Waals surface area contributed by atoms with Crippen LogP contribution in [0.5, 0.6) is 5.75 Å². The summed E-state index contributed by atoms with van der Waals surface area (Å²) in [6.45, 7) is -0.214. The van der Waals surface area contributed by atoms with E-state index in [4.69, 9.17) is 21.1 Å². The number of nitrogens with one attached hydrogen (secondary N) is 2. The Kier molecular flexibility index (Phi) is 9.67. The number of aliphatic hydroxyl groups is 1. The molecule has 2 heterocycles. The summed E-state index contributed by atoms with van der Waals surface area (Å²) in [5.41, 5.74) is 4.58. The topological polar surface area (TPSA) is 100 Å². The van der Waals surface area contributed by atoms with Gasteiger partial charge in [-0.05, 0) is 56.0 Å². The molecular formula is C33H38ClN3O5. The number of carbonyl (C=O) groups excluding carboxylic acids is 2. The van der Waals surface area contributed by atoms with E-state index in [2.05, 4.69) is 22.6 Å². The van der Waals surface area contributed by atoms with Crippen molar-refractivity contribution in [3.8, 4) is 16.9 Å². The second-order valence-electron chi connectivity index (χ2n) is 11.1. The Hall–Kier alpha value is -3.59. The van der Waals surface area contributed by atoms with Crippen molar-refractivity contribution < 1.29 is 24.2 Å². The first-order chi connectivity index (χ1) is 20.3. The molecule has 2 aliphatic heterocycles. The van der Waals surface area contributed by atoms with Gasteiger partial charge in [-0.3, -0.25) is 10.1 Å². The molecule has 0 radical (unpaired) electrons. The van der Waals surface area contributed by atoms with Crippen LogP contribution in [0, 0.1) is 0 Å². The fourth-order valence-corrected chi connectivity index (χ4v) is 6.37. The van der Waals surface area contributed by atoms with Gasteiger partial charge in [0.05, 0.1) is 30.1 Å². The third-order valence-electron chi connectivity index (χ3n) is 8.42. The van der Waals surface area contributed by atoms with Crippen LogP contribution in [0.25, 0.3) is 11.1 Å². The Morgan fingerprint density at radius 1 is 1.00 bits per heavy atom. The first-order valence-electron chi connectivity index (χ1n) is 14.5. The minimum Gasteiger partial charge on any atom is -0.496 e. The normalized spacial score (nSPS) is 19.8. The van der Waals surface area contributed by atoms with Gasteiger partial charge in [-0.25, -0.2) is 4.79 Å². The predicted molar refractivity (Wildman–Crippen MR) is 165 cm³/mol. The van der Waals surface area contributed by atoms with Crippen molar-refractivity contribution in [2.75, 3.05) is 24.8 Å². The Morgan fingerprint density at radius 2 is 1.74 bits per heavy atom. The number of ether oxygens (including phenoxy) is 2. The second-order valence-corrected chi connectivity index (χ2v) is 11.5. The van der Waals surface area contributed by atoms with Gasteiger partial charge < -0.3 is 24.8 Å². The fourth-order valence-electron chi connectivity index (χ4n) is 6.14. The van der Waals surface area contributed by atoms with Crippen LogP contribution in [0.4, 0.5) is 16.2 Å². The van der Waals surface area contributed by atoms with E-state index in [1.807, 2.05) is 48.5 Å². The lowest BCUT2D eigenvalue weighted by Crippen LogP contribution is -2.43. The Bertz CT molecular complexity index is 1400. The molecule has 0 aliphatic carbocycles. The van der Waals surface area contributed by atoms with Gasteiger partial charge in [-0.2, -0.15) is 0 Å². The highest BCUT2D eigenvalue weighted by atomic mass is 35.5. The van der Waals surface area contributed by atoms with Crippen LogP contribution in [0.2, 0.25) is 5.02 Å². The molecule has 3 atom stereocenters. The summed E-state index contributed by atoms with van der Waals surface area (Å²) >= 11 is 6.29. The molecule has 5 rings (SSSR count). The van der Waals surface area contributed by atoms with E-state index in [1.165, 1.54) is 7.11 Å². The van der Waals surface area contributed by atoms with Crippen LogP contribution < -0.4 is 15.4 Å². The Labute approximate surface area is 252 Å². The number of aliphatic hydroxyl groups excluding tert-OH is 1. The average molecular weight is 592 g/mol. The second kappa shape index (κ2) is 13.6. The number of halogens is 1. The van der Waals surface area contributed by atoms with Gasteiger partial charge in [0.25, 0.3) is 0 Å². The molecule has 9 heteroatoms. The molecule has 2 bridgehead atoms. The molecule has 0 aromatic heterocycles. The summed E-state index contributed by atoms with van der Waals surface area (Å²) in [5, 5.41) is 15.7. The van der Waals surface area contributed by atoms with Crippen molar-refractivity contribution in [1.82, 2.24) is 4.90 Å². The van der Waals surface area contributed by atoms with Gasteiger partial charge in [0, 0.05) is 48.5 Å². The highest BCUT2D eigenvalue weighted by Crippen LogP contribution is 2.36. The molecule has 2 amide bonds. The molecule has 0 saturated carbocycles. The number of benzene rings is 3. The lowest BCUT2D eigenvalue weighted by molar-refractivity contribution is -0.116. The standard InChI is InChI=1S/C33H38ClN3O5/c1-37-24-12-13-25(37)18-26(17-24)42-33(40)36-29-15-21(11-14-27(29)22-8-4-3-5-9-22)7-6-10-32(39)35-30-19-31(41-2)23(20-38)16-28(30)34/h3-5,8-9,11,14-16,19,24-26,38H,6-7,10,12-13,17-18,20H2,1-2H3,(H,35,39)(H,36,40)/t24-,25+,26?. The number of rotatable bonds is 10. The van der Waals surface area contributed by atoms with Gasteiger partial charge in [0.15, 0.2) is 0 Å². The zero-order valence-corrected chi connectivity index (χ0v) is 24.8. The number of methoxy groups -OCH3 is 1. The highest BCUT2D eigenvalue weighted by molar-refractivity contribution is 6.33. The molecule has 3 aromatic carbocycles. The molecule has 2 saturated heterocycles. The zero-order valence-electron chi connectivity index (χ0n) is 24.1. The van der Waals surface area contributed by atoms with E-state index in [-0.39, 0.29) is 25.0 Å². The number of nitrogens with zero attached hydrogens (tertiary/aromatic N) is 1. The van der Waals surface area contributed by atoms with E-state index in [1.54, 1.807) is 12.1 Å². The van der Waals surface area contributed by atoms with Gasteiger partial charge in [-0.1, -0.05) is 54.1 Å². The van der Waals surface area contributed by atoms with Crippen LogP contribution in [-0.2, 0) is 22.6 Å². The van der Waals surface area contributed by atoms with Gasteiger partial charge >= 0.3 is 6.09 Å². The maximum Gasteiger partial charge on any atom is 0.411 e. The molecule has 1 unspecified atom stereocenters. The van der Waals surface area contributed by atoms with Crippen molar-refractivity contribution in [1.29, 1.82) is 0 Å². The number of piperidine rings is 1. The third kappa shape index (κ3) is 7.06. The summed E-state index contributed by atoms with van der Waals surface area (Å²) in [7, 11) is 3.67. The molecule has 8 nitrogen and oxygen atoms in total. The van der Waals surface area contributed by atoms with Crippen molar-refractivity contribution in [3.63, 3.8) is 0 Å². The highest BCUT2D eigenvalue weighted by Gasteiger charge is 2.39. The number of aryl methyl sites for hydroxylation is 1. The van der Waals surface area contributed by atoms with Gasteiger partial charge in [0.1, 0.15) is 11.9 Å². The molecular weight excluding hydrogens is 554 g/mol. The van der Waals surface area contributed by atoms with Crippen molar-refractivity contribution >= 4 is 35.0 Å². The van der Waals surface area contributed by atoms with E-state index >= 15 is 0 Å². The van der Waals surface area contributed by atoms with Crippen LogP contribution >= 0.6 is 11.6 Å². The number of hydrogen-bond donors (Lipinski definition) is 3.